The minimum absolute atomic E-state index is 0.134. The topological polar surface area (TPSA) is 80.3 Å². The van der Waals surface area contributed by atoms with Gasteiger partial charge >= 0.3 is 0 Å². The quantitative estimate of drug-likeness (QED) is 0.812. The lowest BCUT2D eigenvalue weighted by molar-refractivity contribution is -0.131. The number of methoxy groups -OCH3 is 2. The van der Waals surface area contributed by atoms with Crippen LogP contribution < -0.4 is 9.47 Å². The highest BCUT2D eigenvalue weighted by molar-refractivity contribution is 7.99. The second kappa shape index (κ2) is 6.91. The maximum absolute atomic E-state index is 11.9. The highest BCUT2D eigenvalue weighted by Crippen LogP contribution is 2.32. The molecule has 1 fully saturated rings. The van der Waals surface area contributed by atoms with Gasteiger partial charge in [-0.15, -0.1) is 5.10 Å². The van der Waals surface area contributed by atoms with E-state index in [-0.39, 0.29) is 5.91 Å². The van der Waals surface area contributed by atoms with Crippen LogP contribution in [-0.2, 0) is 4.79 Å². The SMILES string of the molecule is COc1ccc(-c2nc(SCC(=O)N3CCC3)n[nH]2)c(OC)c1. The average Bonchev–Trinajstić information content (AvgIpc) is 2.99. The van der Waals surface area contributed by atoms with Gasteiger partial charge in [0.1, 0.15) is 11.5 Å². The largest absolute Gasteiger partial charge is 0.497 e. The number of aromatic nitrogens is 3. The molecule has 0 radical (unpaired) electrons. The van der Waals surface area contributed by atoms with Gasteiger partial charge in [0.25, 0.3) is 0 Å². The second-order valence-corrected chi connectivity index (χ2v) is 6.00. The van der Waals surface area contributed by atoms with Crippen LogP contribution in [0.4, 0.5) is 0 Å². The number of rotatable bonds is 6. The molecule has 0 unspecified atom stereocenters. The van der Waals surface area contributed by atoms with E-state index in [0.717, 1.165) is 25.1 Å². The summed E-state index contributed by atoms with van der Waals surface area (Å²) < 4.78 is 10.6. The Morgan fingerprint density at radius 3 is 2.83 bits per heavy atom. The van der Waals surface area contributed by atoms with Crippen molar-refractivity contribution < 1.29 is 14.3 Å². The van der Waals surface area contributed by atoms with E-state index in [1.165, 1.54) is 11.8 Å². The minimum Gasteiger partial charge on any atom is -0.497 e. The molecule has 0 spiro atoms. The van der Waals surface area contributed by atoms with Crippen LogP contribution in [0, 0.1) is 0 Å². The van der Waals surface area contributed by atoms with Gasteiger partial charge in [0.2, 0.25) is 11.1 Å². The fraction of sp³-hybridized carbons (Fsp3) is 0.400. The summed E-state index contributed by atoms with van der Waals surface area (Å²) in [6.45, 7) is 1.73. The molecule has 1 saturated heterocycles. The van der Waals surface area contributed by atoms with Gasteiger partial charge in [0.15, 0.2) is 5.82 Å². The van der Waals surface area contributed by atoms with E-state index in [1.54, 1.807) is 20.3 Å². The molecule has 0 aliphatic carbocycles. The molecule has 1 amide bonds. The van der Waals surface area contributed by atoms with Crippen molar-refractivity contribution in [1.82, 2.24) is 20.1 Å². The highest BCUT2D eigenvalue weighted by Gasteiger charge is 2.21. The molecule has 8 heteroatoms. The molecule has 2 heterocycles. The van der Waals surface area contributed by atoms with E-state index >= 15 is 0 Å². The van der Waals surface area contributed by atoms with Gasteiger partial charge in [0, 0.05) is 19.2 Å². The van der Waals surface area contributed by atoms with E-state index in [4.69, 9.17) is 9.47 Å². The first-order chi connectivity index (χ1) is 11.2. The number of carbonyl (C=O) groups excluding carboxylic acids is 1. The summed E-state index contributed by atoms with van der Waals surface area (Å²) in [4.78, 5) is 18.1. The van der Waals surface area contributed by atoms with Crippen molar-refractivity contribution in [3.63, 3.8) is 0 Å². The van der Waals surface area contributed by atoms with Crippen molar-refractivity contribution in [3.8, 4) is 22.9 Å². The van der Waals surface area contributed by atoms with E-state index in [0.29, 0.717) is 28.2 Å². The van der Waals surface area contributed by atoms with Crippen LogP contribution in [0.2, 0.25) is 0 Å². The van der Waals surface area contributed by atoms with Gasteiger partial charge < -0.3 is 14.4 Å². The second-order valence-electron chi connectivity index (χ2n) is 5.06. The molecule has 1 aromatic carbocycles. The van der Waals surface area contributed by atoms with E-state index in [9.17, 15) is 4.79 Å². The fourth-order valence-corrected chi connectivity index (χ4v) is 2.91. The molecule has 1 N–H and O–H groups in total. The number of hydrogen-bond acceptors (Lipinski definition) is 6. The molecule has 0 saturated carbocycles. The number of carbonyl (C=O) groups is 1. The molecule has 0 bridgehead atoms. The first-order valence-corrected chi connectivity index (χ1v) is 8.25. The zero-order chi connectivity index (χ0) is 16.2. The van der Waals surface area contributed by atoms with Crippen molar-refractivity contribution in [2.45, 2.75) is 11.6 Å². The molecule has 1 aliphatic rings. The Kier molecular flexibility index (Phi) is 4.71. The van der Waals surface area contributed by atoms with Gasteiger partial charge in [0.05, 0.1) is 25.5 Å². The number of ether oxygens (including phenoxy) is 2. The number of nitrogens with zero attached hydrogens (tertiary/aromatic N) is 3. The summed E-state index contributed by atoms with van der Waals surface area (Å²) in [5.74, 6) is 2.45. The lowest BCUT2D eigenvalue weighted by Gasteiger charge is -2.30. The Morgan fingerprint density at radius 1 is 1.35 bits per heavy atom. The van der Waals surface area contributed by atoms with Crippen molar-refractivity contribution in [1.29, 1.82) is 0 Å². The van der Waals surface area contributed by atoms with Gasteiger partial charge in [-0.1, -0.05) is 11.8 Å². The fourth-order valence-electron chi connectivity index (χ4n) is 2.21. The number of aromatic amines is 1. The van der Waals surface area contributed by atoms with Crippen molar-refractivity contribution in [2.24, 2.45) is 0 Å². The smallest absolute Gasteiger partial charge is 0.233 e. The van der Waals surface area contributed by atoms with Crippen LogP contribution >= 0.6 is 11.8 Å². The van der Waals surface area contributed by atoms with Crippen molar-refractivity contribution >= 4 is 17.7 Å². The third-order valence-corrected chi connectivity index (χ3v) is 4.49. The molecule has 7 nitrogen and oxygen atoms in total. The molecular formula is C15H18N4O3S. The number of H-pyrrole nitrogens is 1. The molecule has 122 valence electrons. The third-order valence-electron chi connectivity index (χ3n) is 3.66. The standard InChI is InChI=1S/C15H18N4O3S/c1-21-10-4-5-11(12(8-10)22-2)14-16-15(18-17-14)23-9-13(20)19-6-3-7-19/h4-5,8H,3,6-7,9H2,1-2H3,(H,16,17,18). The van der Waals surface area contributed by atoms with Crippen LogP contribution in [-0.4, -0.2) is 59.1 Å². The molecule has 2 aromatic rings. The number of hydrogen-bond donors (Lipinski definition) is 1. The Labute approximate surface area is 138 Å². The Balaban J connectivity index is 1.70. The van der Waals surface area contributed by atoms with E-state index in [2.05, 4.69) is 15.2 Å². The first kappa shape index (κ1) is 15.7. The van der Waals surface area contributed by atoms with Crippen LogP contribution in [0.15, 0.2) is 23.4 Å². The van der Waals surface area contributed by atoms with Crippen LogP contribution in [0.5, 0.6) is 11.5 Å². The molecule has 0 atom stereocenters. The van der Waals surface area contributed by atoms with Crippen LogP contribution in [0.25, 0.3) is 11.4 Å². The Morgan fingerprint density at radius 2 is 2.17 bits per heavy atom. The molecular weight excluding hydrogens is 316 g/mol. The van der Waals surface area contributed by atoms with Gasteiger partial charge in [-0.25, -0.2) is 4.98 Å². The third kappa shape index (κ3) is 3.42. The van der Waals surface area contributed by atoms with Gasteiger partial charge in [-0.3, -0.25) is 9.89 Å². The zero-order valence-electron chi connectivity index (χ0n) is 13.0. The lowest BCUT2D eigenvalue weighted by atomic mass is 10.2. The van der Waals surface area contributed by atoms with Crippen LogP contribution in [0.3, 0.4) is 0 Å². The van der Waals surface area contributed by atoms with Gasteiger partial charge in [-0.05, 0) is 18.6 Å². The summed E-state index contributed by atoms with van der Waals surface area (Å²) in [7, 11) is 3.20. The molecule has 23 heavy (non-hydrogen) atoms. The number of benzene rings is 1. The summed E-state index contributed by atoms with van der Waals surface area (Å²) >= 11 is 1.33. The maximum atomic E-state index is 11.9. The van der Waals surface area contributed by atoms with E-state index < -0.39 is 0 Å². The minimum atomic E-state index is 0.134. The highest BCUT2D eigenvalue weighted by atomic mass is 32.2. The van der Waals surface area contributed by atoms with Crippen molar-refractivity contribution in [3.05, 3.63) is 18.2 Å². The number of likely N-dealkylation sites (tertiary alicyclic amines) is 1. The lowest BCUT2D eigenvalue weighted by Crippen LogP contribution is -2.43. The predicted molar refractivity (Wildman–Crippen MR) is 86.8 cm³/mol. The molecule has 1 aromatic heterocycles. The van der Waals surface area contributed by atoms with Crippen LogP contribution in [0.1, 0.15) is 6.42 Å². The number of nitrogens with one attached hydrogen (secondary N) is 1. The maximum Gasteiger partial charge on any atom is 0.233 e. The first-order valence-electron chi connectivity index (χ1n) is 7.26. The summed E-state index contributed by atoms with van der Waals surface area (Å²) in [6, 6.07) is 5.48. The normalized spacial score (nSPS) is 13.6. The summed E-state index contributed by atoms with van der Waals surface area (Å²) in [5, 5.41) is 7.59. The molecule has 1 aliphatic heterocycles. The van der Waals surface area contributed by atoms with Gasteiger partial charge in [-0.2, -0.15) is 0 Å². The Bertz CT molecular complexity index is 700. The number of amides is 1. The molecule has 3 rings (SSSR count). The predicted octanol–water partition coefficient (Wildman–Crippen LogP) is 1.81. The monoisotopic (exact) mass is 334 g/mol. The van der Waals surface area contributed by atoms with E-state index in [1.807, 2.05) is 17.0 Å². The average molecular weight is 334 g/mol. The zero-order valence-corrected chi connectivity index (χ0v) is 13.9. The number of thioether (sulfide) groups is 1. The Hall–Kier alpha value is -2.22. The summed E-state index contributed by atoms with van der Waals surface area (Å²) in [5.41, 5.74) is 0.793. The summed E-state index contributed by atoms with van der Waals surface area (Å²) in [6.07, 6.45) is 1.10. The van der Waals surface area contributed by atoms with Crippen molar-refractivity contribution in [2.75, 3.05) is 33.1 Å².